The fourth-order valence-electron chi connectivity index (χ4n) is 2.42. The molecule has 0 heterocycles. The number of amides is 1. The number of nitrogens with zero attached hydrogens (tertiary/aromatic N) is 2. The summed E-state index contributed by atoms with van der Waals surface area (Å²) in [6.45, 7) is 8.94. The van der Waals surface area contributed by atoms with Crippen LogP contribution in [0.4, 0.5) is 5.69 Å². The second kappa shape index (κ2) is 7.90. The van der Waals surface area contributed by atoms with Crippen LogP contribution < -0.4 is 10.2 Å². The molecule has 4 heteroatoms. The molecule has 1 N–H and O–H groups in total. The first kappa shape index (κ1) is 16.5. The summed E-state index contributed by atoms with van der Waals surface area (Å²) in [6.07, 6.45) is 0. The van der Waals surface area contributed by atoms with E-state index in [0.717, 1.165) is 25.3 Å². The number of carbonyl (C=O) groups excluding carboxylic acids is 1. The Kier molecular flexibility index (Phi) is 6.52. The number of rotatable bonds is 7. The van der Waals surface area contributed by atoms with Crippen LogP contribution in [0.3, 0.4) is 0 Å². The average Bonchev–Trinajstić information content (AvgIpc) is 2.40. The minimum Gasteiger partial charge on any atom is -0.365 e. The number of anilines is 1. The van der Waals surface area contributed by atoms with Gasteiger partial charge >= 0.3 is 0 Å². The van der Waals surface area contributed by atoms with E-state index >= 15 is 0 Å². The van der Waals surface area contributed by atoms with Crippen LogP contribution in [0, 0.1) is 6.92 Å². The van der Waals surface area contributed by atoms with Gasteiger partial charge in [0.1, 0.15) is 0 Å². The van der Waals surface area contributed by atoms with Gasteiger partial charge in [-0.05, 0) is 45.0 Å². The van der Waals surface area contributed by atoms with Gasteiger partial charge in [0.25, 0.3) is 0 Å². The largest absolute Gasteiger partial charge is 0.365 e. The molecule has 0 atom stereocenters. The van der Waals surface area contributed by atoms with Gasteiger partial charge in [-0.2, -0.15) is 0 Å². The molecule has 1 aromatic rings. The van der Waals surface area contributed by atoms with Crippen LogP contribution >= 0.6 is 0 Å². The third kappa shape index (κ3) is 4.23. The minimum absolute atomic E-state index is 0.177. The Morgan fingerprint density at radius 3 is 2.40 bits per heavy atom. The number of hydrogen-bond acceptors (Lipinski definition) is 3. The number of hydrogen-bond donors (Lipinski definition) is 1. The molecule has 0 aliphatic heterocycles. The van der Waals surface area contributed by atoms with Crippen LogP contribution in [0.5, 0.6) is 0 Å². The highest BCUT2D eigenvalue weighted by atomic mass is 16.2. The highest BCUT2D eigenvalue weighted by molar-refractivity contribution is 5.81. The number of benzene rings is 1. The SMILES string of the molecule is CCN(CC)C(=O)CN(C)c1ccc(CNC)cc1C. The van der Waals surface area contributed by atoms with E-state index in [1.54, 1.807) is 0 Å². The van der Waals surface area contributed by atoms with Crippen molar-refractivity contribution in [1.29, 1.82) is 0 Å². The van der Waals surface area contributed by atoms with Gasteiger partial charge in [-0.15, -0.1) is 0 Å². The smallest absolute Gasteiger partial charge is 0.242 e. The quantitative estimate of drug-likeness (QED) is 0.828. The Bertz CT molecular complexity index is 441. The summed E-state index contributed by atoms with van der Waals surface area (Å²) in [5.74, 6) is 0.177. The van der Waals surface area contributed by atoms with Crippen LogP contribution in [0.25, 0.3) is 0 Å². The van der Waals surface area contributed by atoms with E-state index in [2.05, 4.69) is 30.4 Å². The summed E-state index contributed by atoms with van der Waals surface area (Å²) in [5.41, 5.74) is 3.58. The first-order valence-corrected chi connectivity index (χ1v) is 7.26. The minimum atomic E-state index is 0.177. The number of nitrogens with one attached hydrogen (secondary N) is 1. The second-order valence-electron chi connectivity index (χ2n) is 5.07. The zero-order valence-corrected chi connectivity index (χ0v) is 13.4. The normalized spacial score (nSPS) is 10.4. The van der Waals surface area contributed by atoms with E-state index in [9.17, 15) is 4.79 Å². The maximum Gasteiger partial charge on any atom is 0.242 e. The van der Waals surface area contributed by atoms with Gasteiger partial charge in [0, 0.05) is 32.4 Å². The Balaban J connectivity index is 2.77. The fourth-order valence-corrected chi connectivity index (χ4v) is 2.42. The van der Waals surface area contributed by atoms with E-state index in [1.807, 2.05) is 37.7 Å². The van der Waals surface area contributed by atoms with Crippen molar-refractivity contribution in [3.63, 3.8) is 0 Å². The Morgan fingerprint density at radius 1 is 1.25 bits per heavy atom. The van der Waals surface area contributed by atoms with Crippen molar-refractivity contribution in [2.24, 2.45) is 0 Å². The fraction of sp³-hybridized carbons (Fsp3) is 0.562. The van der Waals surface area contributed by atoms with Crippen molar-refractivity contribution in [1.82, 2.24) is 10.2 Å². The molecule has 0 saturated carbocycles. The highest BCUT2D eigenvalue weighted by Crippen LogP contribution is 2.20. The van der Waals surface area contributed by atoms with E-state index in [-0.39, 0.29) is 5.91 Å². The molecule has 1 amide bonds. The summed E-state index contributed by atoms with van der Waals surface area (Å²) in [4.78, 5) is 16.0. The van der Waals surface area contributed by atoms with Crippen LogP contribution in [0.1, 0.15) is 25.0 Å². The zero-order chi connectivity index (χ0) is 15.1. The van der Waals surface area contributed by atoms with Gasteiger partial charge in [0.05, 0.1) is 6.54 Å². The van der Waals surface area contributed by atoms with Crippen LogP contribution in [-0.4, -0.2) is 44.5 Å². The summed E-state index contributed by atoms with van der Waals surface area (Å²) < 4.78 is 0. The lowest BCUT2D eigenvalue weighted by Gasteiger charge is -2.25. The predicted octanol–water partition coefficient (Wildman–Crippen LogP) is 2.02. The number of aryl methyl sites for hydroxylation is 1. The molecular weight excluding hydrogens is 250 g/mol. The number of likely N-dealkylation sites (N-methyl/N-ethyl adjacent to an activating group) is 2. The standard InChI is InChI=1S/C16H27N3O/c1-6-19(7-2)16(20)12-18(5)15-9-8-14(11-17-4)10-13(15)3/h8-10,17H,6-7,11-12H2,1-5H3. The molecule has 0 aliphatic carbocycles. The molecule has 1 rings (SSSR count). The highest BCUT2D eigenvalue weighted by Gasteiger charge is 2.14. The molecule has 0 aliphatic rings. The van der Waals surface area contributed by atoms with Crippen molar-refractivity contribution >= 4 is 11.6 Å². The first-order chi connectivity index (χ1) is 9.53. The lowest BCUT2D eigenvalue weighted by Crippen LogP contribution is -2.39. The number of carbonyl (C=O) groups is 1. The molecule has 0 bridgehead atoms. The van der Waals surface area contributed by atoms with Crippen molar-refractivity contribution < 1.29 is 4.79 Å². The summed E-state index contributed by atoms with van der Waals surface area (Å²) in [7, 11) is 3.92. The summed E-state index contributed by atoms with van der Waals surface area (Å²) in [6, 6.07) is 6.37. The molecular formula is C16H27N3O. The first-order valence-electron chi connectivity index (χ1n) is 7.26. The van der Waals surface area contributed by atoms with E-state index < -0.39 is 0 Å². The Hall–Kier alpha value is -1.55. The molecule has 0 saturated heterocycles. The van der Waals surface area contributed by atoms with Crippen LogP contribution in [0.15, 0.2) is 18.2 Å². The lowest BCUT2D eigenvalue weighted by atomic mass is 10.1. The summed E-state index contributed by atoms with van der Waals surface area (Å²) >= 11 is 0. The van der Waals surface area contributed by atoms with Gasteiger partial charge in [-0.25, -0.2) is 0 Å². The molecule has 0 spiro atoms. The Morgan fingerprint density at radius 2 is 1.90 bits per heavy atom. The van der Waals surface area contributed by atoms with Gasteiger partial charge in [0.15, 0.2) is 0 Å². The molecule has 0 unspecified atom stereocenters. The molecule has 20 heavy (non-hydrogen) atoms. The lowest BCUT2D eigenvalue weighted by molar-refractivity contribution is -0.129. The molecule has 112 valence electrons. The molecule has 4 nitrogen and oxygen atoms in total. The van der Waals surface area contributed by atoms with Crippen molar-refractivity contribution in [3.05, 3.63) is 29.3 Å². The van der Waals surface area contributed by atoms with Crippen molar-refractivity contribution in [3.8, 4) is 0 Å². The topological polar surface area (TPSA) is 35.6 Å². The third-order valence-corrected chi connectivity index (χ3v) is 3.54. The third-order valence-electron chi connectivity index (χ3n) is 3.54. The van der Waals surface area contributed by atoms with Gasteiger partial charge in [-0.1, -0.05) is 12.1 Å². The molecule has 0 aromatic heterocycles. The molecule has 0 radical (unpaired) electrons. The second-order valence-corrected chi connectivity index (χ2v) is 5.07. The average molecular weight is 277 g/mol. The monoisotopic (exact) mass is 277 g/mol. The molecule has 1 aromatic carbocycles. The van der Waals surface area contributed by atoms with Crippen molar-refractivity contribution in [2.75, 3.05) is 38.6 Å². The predicted molar refractivity (Wildman–Crippen MR) is 85.1 cm³/mol. The van der Waals surface area contributed by atoms with Gasteiger partial charge in [-0.3, -0.25) is 4.79 Å². The van der Waals surface area contributed by atoms with Gasteiger partial charge in [0.2, 0.25) is 5.91 Å². The van der Waals surface area contributed by atoms with Crippen LogP contribution in [-0.2, 0) is 11.3 Å². The van der Waals surface area contributed by atoms with Crippen molar-refractivity contribution in [2.45, 2.75) is 27.3 Å². The maximum absolute atomic E-state index is 12.1. The van der Waals surface area contributed by atoms with E-state index in [0.29, 0.717) is 6.54 Å². The van der Waals surface area contributed by atoms with Gasteiger partial charge < -0.3 is 15.1 Å². The summed E-state index contributed by atoms with van der Waals surface area (Å²) in [5, 5.41) is 3.15. The van der Waals surface area contributed by atoms with E-state index in [1.165, 1.54) is 11.1 Å². The Labute approximate surface area is 122 Å². The van der Waals surface area contributed by atoms with Crippen LogP contribution in [0.2, 0.25) is 0 Å². The maximum atomic E-state index is 12.1. The van der Waals surface area contributed by atoms with E-state index in [4.69, 9.17) is 0 Å². The molecule has 0 fully saturated rings. The zero-order valence-electron chi connectivity index (χ0n) is 13.4.